The Hall–Kier alpha value is -0.900. The van der Waals surface area contributed by atoms with E-state index in [2.05, 4.69) is 22.9 Å². The highest BCUT2D eigenvalue weighted by molar-refractivity contribution is 9.10. The maximum atomic E-state index is 13.8. The molecule has 2 nitrogen and oxygen atoms in total. The molecule has 0 heterocycles. The highest BCUT2D eigenvalue weighted by Crippen LogP contribution is 2.36. The van der Waals surface area contributed by atoms with Gasteiger partial charge in [0.25, 0.3) is 0 Å². The van der Waals surface area contributed by atoms with Crippen LogP contribution < -0.4 is 0 Å². The molecule has 104 valence electrons. The monoisotopic (exact) mass is 328 g/mol. The Morgan fingerprint density at radius 3 is 2.89 bits per heavy atom. The first-order chi connectivity index (χ1) is 8.97. The number of carbonyl (C=O) groups is 1. The highest BCUT2D eigenvalue weighted by Gasteiger charge is 2.33. The Morgan fingerprint density at radius 1 is 1.47 bits per heavy atom. The van der Waals surface area contributed by atoms with Crippen LogP contribution in [0.4, 0.5) is 4.39 Å². The summed E-state index contributed by atoms with van der Waals surface area (Å²) in [4.78, 5) is 11.3. The van der Waals surface area contributed by atoms with E-state index in [1.165, 1.54) is 6.07 Å². The lowest BCUT2D eigenvalue weighted by Gasteiger charge is -2.32. The van der Waals surface area contributed by atoms with E-state index in [1.54, 1.807) is 12.1 Å². The van der Waals surface area contributed by atoms with Crippen LogP contribution in [0.1, 0.15) is 31.7 Å². The van der Waals surface area contributed by atoms with Crippen molar-refractivity contribution in [3.8, 4) is 0 Å². The normalized spacial score (nSPS) is 27.2. The smallest absolute Gasteiger partial charge is 0.306 e. The Balaban J connectivity index is 2.18. The van der Waals surface area contributed by atoms with Crippen molar-refractivity contribution >= 4 is 21.9 Å². The molecule has 1 aromatic carbocycles. The van der Waals surface area contributed by atoms with Crippen LogP contribution in [0.25, 0.3) is 0 Å². The van der Waals surface area contributed by atoms with Crippen LogP contribution in [0.3, 0.4) is 0 Å². The van der Waals surface area contributed by atoms with Gasteiger partial charge in [0.2, 0.25) is 0 Å². The number of aliphatic carboxylic acids is 1. The van der Waals surface area contributed by atoms with Crippen molar-refractivity contribution in [2.24, 2.45) is 17.8 Å². The van der Waals surface area contributed by atoms with Gasteiger partial charge in [0, 0.05) is 4.47 Å². The standard InChI is InChI=1S/C15H18BrFO2/c1-9-2-4-13(15(18)19)10(6-9)7-11-8-12(16)3-5-14(11)17/h3,5,8-10,13H,2,4,6-7H2,1H3,(H,18,19). The van der Waals surface area contributed by atoms with Crippen molar-refractivity contribution < 1.29 is 14.3 Å². The molecule has 2 rings (SSSR count). The molecule has 3 unspecified atom stereocenters. The molecule has 0 aromatic heterocycles. The van der Waals surface area contributed by atoms with E-state index in [4.69, 9.17) is 0 Å². The van der Waals surface area contributed by atoms with Crippen LogP contribution in [0.5, 0.6) is 0 Å². The predicted octanol–water partition coefficient (Wildman–Crippen LogP) is 4.27. The third kappa shape index (κ3) is 3.56. The number of rotatable bonds is 3. The van der Waals surface area contributed by atoms with Crippen molar-refractivity contribution in [3.63, 3.8) is 0 Å². The fourth-order valence-corrected chi connectivity index (χ4v) is 3.44. The summed E-state index contributed by atoms with van der Waals surface area (Å²) in [6.07, 6.45) is 3.03. The van der Waals surface area contributed by atoms with Gasteiger partial charge in [-0.05, 0) is 61.3 Å². The molecular weight excluding hydrogens is 311 g/mol. The van der Waals surface area contributed by atoms with Gasteiger partial charge in [-0.25, -0.2) is 4.39 Å². The van der Waals surface area contributed by atoms with Gasteiger partial charge >= 0.3 is 5.97 Å². The van der Waals surface area contributed by atoms with E-state index >= 15 is 0 Å². The quantitative estimate of drug-likeness (QED) is 0.899. The summed E-state index contributed by atoms with van der Waals surface area (Å²) in [5.41, 5.74) is 0.611. The van der Waals surface area contributed by atoms with Crippen LogP contribution >= 0.6 is 15.9 Å². The Bertz CT molecular complexity index is 475. The van der Waals surface area contributed by atoms with Gasteiger partial charge in [0.15, 0.2) is 0 Å². The minimum absolute atomic E-state index is 0.0325. The maximum Gasteiger partial charge on any atom is 0.306 e. The van der Waals surface area contributed by atoms with Crippen LogP contribution in [0.2, 0.25) is 0 Å². The zero-order chi connectivity index (χ0) is 14.0. The Labute approximate surface area is 121 Å². The summed E-state index contributed by atoms with van der Waals surface area (Å²) in [6, 6.07) is 4.85. The largest absolute Gasteiger partial charge is 0.481 e. The first-order valence-electron chi connectivity index (χ1n) is 6.64. The van der Waals surface area contributed by atoms with Crippen molar-refractivity contribution in [3.05, 3.63) is 34.1 Å². The molecule has 19 heavy (non-hydrogen) atoms. The first-order valence-corrected chi connectivity index (χ1v) is 7.43. The van der Waals surface area contributed by atoms with Gasteiger partial charge in [0.1, 0.15) is 5.82 Å². The average Bonchev–Trinajstić information content (AvgIpc) is 2.33. The molecule has 0 spiro atoms. The lowest BCUT2D eigenvalue weighted by Crippen LogP contribution is -2.31. The molecule has 1 aliphatic rings. The van der Waals surface area contributed by atoms with Crippen molar-refractivity contribution in [2.75, 3.05) is 0 Å². The van der Waals surface area contributed by atoms with Gasteiger partial charge in [-0.1, -0.05) is 22.9 Å². The van der Waals surface area contributed by atoms with Crippen LogP contribution in [0, 0.1) is 23.6 Å². The van der Waals surface area contributed by atoms with E-state index in [9.17, 15) is 14.3 Å². The molecule has 1 aliphatic carbocycles. The van der Waals surface area contributed by atoms with Crippen molar-refractivity contribution in [1.29, 1.82) is 0 Å². The summed E-state index contributed by atoms with van der Waals surface area (Å²) in [7, 11) is 0. The predicted molar refractivity (Wildman–Crippen MR) is 75.4 cm³/mol. The second-order valence-corrected chi connectivity index (χ2v) is 6.48. The third-order valence-electron chi connectivity index (χ3n) is 4.05. The SMILES string of the molecule is CC1CCC(C(=O)O)C(Cc2cc(Br)ccc2F)C1. The molecule has 0 amide bonds. The summed E-state index contributed by atoms with van der Waals surface area (Å²) in [6.45, 7) is 2.14. The van der Waals surface area contributed by atoms with E-state index in [0.717, 1.165) is 17.3 Å². The lowest BCUT2D eigenvalue weighted by molar-refractivity contribution is -0.145. The molecular formula is C15H18BrFO2. The molecule has 3 atom stereocenters. The Morgan fingerprint density at radius 2 is 2.21 bits per heavy atom. The van der Waals surface area contributed by atoms with Crippen LogP contribution in [0.15, 0.2) is 22.7 Å². The average molecular weight is 329 g/mol. The van der Waals surface area contributed by atoms with Gasteiger partial charge in [-0.15, -0.1) is 0 Å². The minimum Gasteiger partial charge on any atom is -0.481 e. The molecule has 0 saturated heterocycles. The van der Waals surface area contributed by atoms with Gasteiger partial charge < -0.3 is 5.11 Å². The lowest BCUT2D eigenvalue weighted by atomic mass is 9.72. The van der Waals surface area contributed by atoms with E-state index in [1.807, 2.05) is 0 Å². The number of hydrogen-bond donors (Lipinski definition) is 1. The molecule has 1 fully saturated rings. The van der Waals surface area contributed by atoms with Gasteiger partial charge in [0.05, 0.1) is 5.92 Å². The fraction of sp³-hybridized carbons (Fsp3) is 0.533. The number of carboxylic acid groups (broad SMARTS) is 1. The summed E-state index contributed by atoms with van der Waals surface area (Å²) >= 11 is 3.33. The minimum atomic E-state index is -0.743. The second kappa shape index (κ2) is 6.04. The van der Waals surface area contributed by atoms with Gasteiger partial charge in [-0.2, -0.15) is 0 Å². The summed E-state index contributed by atoms with van der Waals surface area (Å²) < 4.78 is 14.6. The number of hydrogen-bond acceptors (Lipinski definition) is 1. The molecule has 0 bridgehead atoms. The van der Waals surface area contributed by atoms with Crippen molar-refractivity contribution in [2.45, 2.75) is 32.6 Å². The molecule has 0 radical (unpaired) electrons. The molecule has 1 aromatic rings. The Kier molecular flexibility index (Phi) is 4.61. The third-order valence-corrected chi connectivity index (χ3v) is 4.54. The van der Waals surface area contributed by atoms with Gasteiger partial charge in [-0.3, -0.25) is 4.79 Å². The van der Waals surface area contributed by atoms with E-state index < -0.39 is 5.97 Å². The summed E-state index contributed by atoms with van der Waals surface area (Å²) in [5, 5.41) is 9.29. The van der Waals surface area contributed by atoms with Crippen LogP contribution in [-0.2, 0) is 11.2 Å². The highest BCUT2D eigenvalue weighted by atomic mass is 79.9. The van der Waals surface area contributed by atoms with E-state index in [0.29, 0.717) is 24.3 Å². The number of benzene rings is 1. The summed E-state index contributed by atoms with van der Waals surface area (Å²) in [5.74, 6) is -0.770. The zero-order valence-corrected chi connectivity index (χ0v) is 12.5. The number of carboxylic acids is 1. The second-order valence-electron chi connectivity index (χ2n) is 5.56. The molecule has 0 aliphatic heterocycles. The molecule has 1 N–H and O–H groups in total. The molecule has 1 saturated carbocycles. The zero-order valence-electron chi connectivity index (χ0n) is 10.9. The maximum absolute atomic E-state index is 13.8. The van der Waals surface area contributed by atoms with E-state index in [-0.39, 0.29) is 17.7 Å². The topological polar surface area (TPSA) is 37.3 Å². The first kappa shape index (κ1) is 14.5. The molecule has 4 heteroatoms. The number of halogens is 2. The fourth-order valence-electron chi connectivity index (χ4n) is 3.03. The van der Waals surface area contributed by atoms with Crippen LogP contribution in [-0.4, -0.2) is 11.1 Å². The van der Waals surface area contributed by atoms with Crippen molar-refractivity contribution in [1.82, 2.24) is 0 Å².